The van der Waals surface area contributed by atoms with Crippen LogP contribution in [0.1, 0.15) is 161 Å². The molecule has 12 atom stereocenters. The highest BCUT2D eigenvalue weighted by molar-refractivity contribution is 6.35. The van der Waals surface area contributed by atoms with Gasteiger partial charge in [0, 0.05) is 112 Å². The molecule has 670 valence electrons. The van der Waals surface area contributed by atoms with Crippen LogP contribution in [0.4, 0.5) is 16.2 Å². The topological polar surface area (TPSA) is 378 Å². The van der Waals surface area contributed by atoms with Gasteiger partial charge in [0.1, 0.15) is 84.4 Å². The molecular formula is C87H133ClFN17O15. The van der Waals surface area contributed by atoms with Gasteiger partial charge in [-0.05, 0) is 124 Å². The van der Waals surface area contributed by atoms with E-state index in [1.807, 2.05) is 60.3 Å². The summed E-state index contributed by atoms with van der Waals surface area (Å²) in [6.45, 7) is 32.1. The molecule has 0 saturated carbocycles. The summed E-state index contributed by atoms with van der Waals surface area (Å²) in [6, 6.07) is -7.08. The molecule has 13 amide bonds. The zero-order valence-electron chi connectivity index (χ0n) is 75.1. The number of aliphatic hydroxyl groups is 1. The van der Waals surface area contributed by atoms with Crippen molar-refractivity contribution in [1.29, 1.82) is 0 Å². The van der Waals surface area contributed by atoms with Crippen LogP contribution < -0.4 is 41.5 Å². The number of hydrogen-bond donors (Lipinski definition) is 7. The molecule has 0 aliphatic carbocycles. The summed E-state index contributed by atoms with van der Waals surface area (Å²) in [7, 11) is 9.67. The summed E-state index contributed by atoms with van der Waals surface area (Å²) in [5, 5.41) is 30.6. The number of carbonyl (C=O) groups is 13. The number of benzene rings is 2. The highest BCUT2D eigenvalue weighted by Crippen LogP contribution is 2.45. The van der Waals surface area contributed by atoms with E-state index in [1.165, 1.54) is 99.8 Å². The fourth-order valence-electron chi connectivity index (χ4n) is 15.6. The third-order valence-electron chi connectivity index (χ3n) is 22.8. The molecule has 7 N–H and O–H groups in total. The van der Waals surface area contributed by atoms with E-state index in [1.54, 1.807) is 76.8 Å². The Labute approximate surface area is 717 Å². The number of halogens is 2. The summed E-state index contributed by atoms with van der Waals surface area (Å²) < 4.78 is 21.9. The molecule has 0 radical (unpaired) electrons. The van der Waals surface area contributed by atoms with Crippen LogP contribution in [0, 0.1) is 47.2 Å². The van der Waals surface area contributed by atoms with E-state index in [0.29, 0.717) is 54.0 Å². The van der Waals surface area contributed by atoms with E-state index in [9.17, 15) is 48.3 Å². The zero-order chi connectivity index (χ0) is 90.8. The minimum Gasteiger partial charge on any atom is -0.489 e. The van der Waals surface area contributed by atoms with Gasteiger partial charge in [-0.1, -0.05) is 127 Å². The van der Waals surface area contributed by atoms with Gasteiger partial charge < -0.3 is 85.8 Å². The molecule has 3 aromatic rings. The second kappa shape index (κ2) is 44.7. The van der Waals surface area contributed by atoms with Crippen molar-refractivity contribution in [2.24, 2.45) is 41.4 Å². The number of aliphatic hydroxyl groups excluding tert-OH is 1. The average molecular weight is 1710 g/mol. The standard InChI is InChI=1S/C87H133ClFN17O15/c1-25-60-82(116)98(18)46-68(109)99(19)61(41-47(3)4)79(113)95-71(51(11)12)85(119)100(20)62(42-48(5)6)78(112)92-54(16)77(111)93-55(17)81(115)101(21)63(43-49(7)8)83(117)102(22)64(44-50(9)10)84(118)103(23)73(52(13)14)86(120)104(24)74(80(114)94-60)75(110)53(15)32-34-90-66(107)33-35-91-87-96-72-56-29-28-40-121-65-31-27-30-59(89)70(65)69(56)58(88)45-57(72)76(97-87)106-38-36-105(37-39-106)67(108)26-2/h26-31,45,47-55,60-64,71,73-75,110H,2,25,32-44,46H2,1,3-24H3,(H,90,107)(H,92,112)(H,93,111)(H,94,114)(H,95,113)(H,91,96,97)/b29-28+/t53-,54+,55-,60+,61+,62+,63+,64+,71?,73+,74+,75-/m1/s1. The minimum absolute atomic E-state index is 0.00432. The Kier molecular flexibility index (Phi) is 36.8. The third kappa shape index (κ3) is 25.3. The van der Waals surface area contributed by atoms with Gasteiger partial charge in [-0.15, -0.1) is 0 Å². The Hall–Kier alpha value is -10.1. The van der Waals surface area contributed by atoms with Crippen LogP contribution in [-0.2, 0) is 62.3 Å². The molecule has 1 aromatic heterocycles. The van der Waals surface area contributed by atoms with Crippen molar-refractivity contribution in [2.75, 3.05) is 112 Å². The molecule has 3 aliphatic rings. The number of amides is 13. The average Bonchev–Trinajstić information content (AvgIpc) is 0.756. The molecule has 2 fully saturated rings. The number of likely N-dealkylation sites (N-methyl/N-ethyl adjacent to an activating group) is 7. The molecular weight excluding hydrogens is 1580 g/mol. The van der Waals surface area contributed by atoms with Crippen LogP contribution in [0.3, 0.4) is 0 Å². The normalized spacial score (nSPS) is 23.6. The molecule has 0 spiro atoms. The van der Waals surface area contributed by atoms with Gasteiger partial charge >= 0.3 is 0 Å². The number of rotatable bonds is 22. The van der Waals surface area contributed by atoms with Gasteiger partial charge in [0.2, 0.25) is 82.7 Å². The summed E-state index contributed by atoms with van der Waals surface area (Å²) in [5.74, 6) is -11.5. The Balaban J connectivity index is 1.36. The first-order valence-electron chi connectivity index (χ1n) is 42.2. The molecule has 4 heterocycles. The first-order chi connectivity index (χ1) is 56.7. The monoisotopic (exact) mass is 1710 g/mol. The van der Waals surface area contributed by atoms with Crippen molar-refractivity contribution in [3.05, 3.63) is 59.4 Å². The number of fused-ring (bicyclic) bond motifs is 5. The first-order valence-corrected chi connectivity index (χ1v) is 42.6. The Morgan fingerprint density at radius 3 is 1.72 bits per heavy atom. The van der Waals surface area contributed by atoms with Gasteiger partial charge in [0.25, 0.3) is 0 Å². The summed E-state index contributed by atoms with van der Waals surface area (Å²) >= 11 is 7.10. The summed E-state index contributed by atoms with van der Waals surface area (Å²) in [4.78, 5) is 212. The van der Waals surface area contributed by atoms with E-state index < -0.39 is 168 Å². The van der Waals surface area contributed by atoms with Crippen LogP contribution >= 0.6 is 11.6 Å². The van der Waals surface area contributed by atoms with E-state index in [4.69, 9.17) is 26.3 Å². The predicted octanol–water partition coefficient (Wildman–Crippen LogP) is 5.95. The number of hydrogen-bond acceptors (Lipinski definition) is 19. The molecule has 34 heteroatoms. The fourth-order valence-corrected chi connectivity index (χ4v) is 15.9. The zero-order valence-corrected chi connectivity index (χ0v) is 75.8. The van der Waals surface area contributed by atoms with Crippen LogP contribution in [0.25, 0.3) is 28.1 Å². The Bertz CT molecular complexity index is 4270. The number of nitrogens with zero attached hydrogens (tertiary/aromatic N) is 11. The maximum atomic E-state index is 15.9. The smallest absolute Gasteiger partial charge is 0.246 e. The first kappa shape index (κ1) is 99.8. The third-order valence-corrected chi connectivity index (χ3v) is 23.1. The van der Waals surface area contributed by atoms with E-state index >= 15 is 23.6 Å². The molecule has 0 bridgehead atoms. The summed E-state index contributed by atoms with van der Waals surface area (Å²) in [5.41, 5.74) is 1.41. The second-order valence-corrected chi connectivity index (χ2v) is 35.3. The SMILES string of the molecule is C=CC(=O)N1CCN(c2nc(NCCC(=O)NCC[C@@H](C)[C@@H](O)[C@H]3C(=O)N[C@@H](CC)C(=O)N(C)CC(=O)N(C)[C@@H](CC(C)C)C(=O)NC(C(C)C)C(=O)N(C)[C@@H](CC(C)C)C(=O)N[C@@H](C)C(=O)N[C@H](C)C(=O)N(C)[C@@H](CC(C)C)C(=O)N(C)[C@@H](CC(C)C)C(=O)N(C)[C@@H](C(C)C)C(=O)N3C)nc3c4c(c(Cl)cc23)-c2c(F)cccc2OC/C=C/4)CC1. The van der Waals surface area contributed by atoms with E-state index in [0.717, 1.165) is 9.80 Å². The minimum atomic E-state index is -1.82. The number of carbonyl (C=O) groups excluding carboxylic acids is 13. The van der Waals surface area contributed by atoms with Gasteiger partial charge in [-0.3, -0.25) is 62.3 Å². The number of ether oxygens (including phenoxy) is 1. The lowest BCUT2D eigenvalue weighted by Crippen LogP contribution is -2.63. The quantitative estimate of drug-likeness (QED) is 0.0571. The van der Waals surface area contributed by atoms with Crippen molar-refractivity contribution in [3.63, 3.8) is 0 Å². The Morgan fingerprint density at radius 2 is 1.16 bits per heavy atom. The summed E-state index contributed by atoms with van der Waals surface area (Å²) in [6.07, 6.45) is 3.21. The number of aromatic nitrogens is 2. The second-order valence-electron chi connectivity index (χ2n) is 34.9. The van der Waals surface area contributed by atoms with Gasteiger partial charge in [0.05, 0.1) is 28.8 Å². The number of anilines is 2. The lowest BCUT2D eigenvalue weighted by atomic mass is 9.91. The fraction of sp³-hybridized carbons (Fsp3) is 0.644. The molecule has 6 rings (SSSR count). The Morgan fingerprint density at radius 1 is 0.620 bits per heavy atom. The van der Waals surface area contributed by atoms with Crippen molar-refractivity contribution in [2.45, 2.75) is 222 Å². The molecule has 32 nitrogen and oxygen atoms in total. The van der Waals surface area contributed by atoms with Crippen LogP contribution in [0.15, 0.2) is 43.0 Å². The van der Waals surface area contributed by atoms with Crippen molar-refractivity contribution in [3.8, 4) is 16.9 Å². The molecule has 1 unspecified atom stereocenters. The lowest BCUT2D eigenvalue weighted by Gasteiger charge is -2.41. The maximum Gasteiger partial charge on any atom is 0.246 e. The highest BCUT2D eigenvalue weighted by Gasteiger charge is 2.46. The molecule has 3 aliphatic heterocycles. The van der Waals surface area contributed by atoms with E-state index in [-0.39, 0.29) is 117 Å². The maximum absolute atomic E-state index is 15.9. The van der Waals surface area contributed by atoms with Crippen molar-refractivity contribution >= 4 is 117 Å². The largest absolute Gasteiger partial charge is 0.489 e. The van der Waals surface area contributed by atoms with Crippen LogP contribution in [-0.4, -0.2) is 299 Å². The molecule has 2 aromatic carbocycles. The molecule has 121 heavy (non-hydrogen) atoms. The highest BCUT2D eigenvalue weighted by atomic mass is 35.5. The van der Waals surface area contributed by atoms with Gasteiger partial charge in [-0.2, -0.15) is 4.98 Å². The van der Waals surface area contributed by atoms with Crippen LogP contribution in [0.5, 0.6) is 5.75 Å². The predicted molar refractivity (Wildman–Crippen MR) is 463 cm³/mol. The molecule has 2 saturated heterocycles. The van der Waals surface area contributed by atoms with Gasteiger partial charge in [0.15, 0.2) is 0 Å². The van der Waals surface area contributed by atoms with E-state index in [2.05, 4.69) is 38.5 Å². The van der Waals surface area contributed by atoms with Crippen molar-refractivity contribution < 1.29 is 76.6 Å². The lowest BCUT2D eigenvalue weighted by molar-refractivity contribution is -0.157. The number of nitrogens with one attached hydrogen (secondary N) is 6. The van der Waals surface area contributed by atoms with Crippen LogP contribution in [0.2, 0.25) is 5.02 Å². The van der Waals surface area contributed by atoms with Crippen molar-refractivity contribution in [1.82, 2.24) is 75.8 Å². The van der Waals surface area contributed by atoms with Gasteiger partial charge in [-0.25, -0.2) is 9.37 Å². The number of piperazine rings is 1.